The highest BCUT2D eigenvalue weighted by molar-refractivity contribution is 7.19. The van der Waals surface area contributed by atoms with Crippen molar-refractivity contribution in [1.82, 2.24) is 9.01 Å². The lowest BCUT2D eigenvalue weighted by atomic mass is 11.3. The van der Waals surface area contributed by atoms with Crippen LogP contribution in [-0.2, 0) is 0 Å². The largest absolute Gasteiger partial charge is 0.289 e. The molecule has 132 valence electrons. The van der Waals surface area contributed by atoms with Crippen LogP contribution in [0.5, 0.6) is 0 Å². The molecule has 0 N–H and O–H groups in total. The van der Waals surface area contributed by atoms with Crippen molar-refractivity contribution in [2.45, 2.75) is 96.1 Å². The number of nitrogens with zero attached hydrogens (tertiary/aromatic N) is 2. The van der Waals surface area contributed by atoms with Crippen molar-refractivity contribution in [2.75, 3.05) is 0 Å². The van der Waals surface area contributed by atoms with Gasteiger partial charge in [0.2, 0.25) is 0 Å². The monoisotopic (exact) mass is 390 g/mol. The van der Waals surface area contributed by atoms with Gasteiger partial charge in [-0.15, -0.1) is 0 Å². The molecule has 0 aromatic heterocycles. The second kappa shape index (κ2) is 5.25. The highest BCUT2D eigenvalue weighted by atomic mass is 28.5. The van der Waals surface area contributed by atoms with E-state index in [9.17, 15) is 0 Å². The van der Waals surface area contributed by atoms with Gasteiger partial charge in [0.15, 0.2) is 0 Å². The molecule has 2 nitrogen and oxygen atoms in total. The fourth-order valence-electron chi connectivity index (χ4n) is 6.31. The fourth-order valence-corrected chi connectivity index (χ4v) is 53.6. The van der Waals surface area contributed by atoms with E-state index in [0.717, 1.165) is 0 Å². The maximum Gasteiger partial charge on any atom is 0.145 e. The van der Waals surface area contributed by atoms with E-state index in [4.69, 9.17) is 0 Å². The van der Waals surface area contributed by atoms with Crippen LogP contribution in [0.25, 0.3) is 0 Å². The second-order valence-electron chi connectivity index (χ2n) is 11.7. The molecular formula is C15H42N2Si5. The number of rotatable bonds is 4. The topological polar surface area (TPSA) is 6.48 Å². The average molecular weight is 391 g/mol. The van der Waals surface area contributed by atoms with Crippen LogP contribution in [0.3, 0.4) is 0 Å². The molecule has 0 spiro atoms. The van der Waals surface area contributed by atoms with Crippen LogP contribution in [0.2, 0.25) is 91.7 Å². The van der Waals surface area contributed by atoms with E-state index >= 15 is 0 Å². The van der Waals surface area contributed by atoms with Gasteiger partial charge in [-0.05, 0) is 0 Å². The maximum atomic E-state index is 3.09. The summed E-state index contributed by atoms with van der Waals surface area (Å²) in [6.45, 7) is 36.8. The zero-order chi connectivity index (χ0) is 18.2. The summed E-state index contributed by atoms with van der Waals surface area (Å²) >= 11 is 0. The molecule has 0 atom stereocenters. The molecule has 22 heavy (non-hydrogen) atoms. The van der Waals surface area contributed by atoms with Crippen LogP contribution >= 0.6 is 0 Å². The molecule has 1 aliphatic heterocycles. The summed E-state index contributed by atoms with van der Waals surface area (Å²) in [5.41, 5.74) is 0. The predicted octanol–water partition coefficient (Wildman–Crippen LogP) is 5.43. The molecule has 0 aliphatic carbocycles. The Labute approximate surface area is 145 Å². The van der Waals surface area contributed by atoms with E-state index < -0.39 is 40.9 Å². The van der Waals surface area contributed by atoms with Gasteiger partial charge in [0, 0.05) is 4.41 Å². The summed E-state index contributed by atoms with van der Waals surface area (Å²) < 4.78 is 6.73. The zero-order valence-electron chi connectivity index (χ0n) is 17.9. The molecule has 1 fully saturated rings. The van der Waals surface area contributed by atoms with Gasteiger partial charge in [0.05, 0.1) is 16.1 Å². The lowest BCUT2D eigenvalue weighted by Gasteiger charge is -2.83. The average Bonchev–Trinajstić information content (AvgIpc) is 2.04. The minimum atomic E-state index is -1.46. The van der Waals surface area contributed by atoms with Crippen molar-refractivity contribution in [3.8, 4) is 0 Å². The minimum absolute atomic E-state index is 0.595. The summed E-state index contributed by atoms with van der Waals surface area (Å²) in [6, 6.07) is 0. The number of hydrogen-bond donors (Lipinski definition) is 0. The van der Waals surface area contributed by atoms with Gasteiger partial charge in [0.25, 0.3) is 0 Å². The summed E-state index contributed by atoms with van der Waals surface area (Å²) in [5.74, 6) is 0. The molecule has 0 aromatic rings. The van der Waals surface area contributed by atoms with Gasteiger partial charge in [0.1, 0.15) is 24.7 Å². The first-order chi connectivity index (χ1) is 9.24. The van der Waals surface area contributed by atoms with Crippen LogP contribution in [0.15, 0.2) is 0 Å². The standard InChI is InChI=1S/C15H42N2Si5/c1-18(2,3)15(19(4,5)6)16(20(7,8)9)17(21(10,11)12)22(15,13)14/h1-14H3. The predicted molar refractivity (Wildman–Crippen MR) is 117 cm³/mol. The highest BCUT2D eigenvalue weighted by Gasteiger charge is 2.78. The molecule has 1 rings (SSSR count). The summed E-state index contributed by atoms with van der Waals surface area (Å²) in [6.07, 6.45) is 0. The van der Waals surface area contributed by atoms with Crippen LogP contribution in [0, 0.1) is 0 Å². The Morgan fingerprint density at radius 3 is 1.09 bits per heavy atom. The SMILES string of the molecule is C[Si](C)(C)N1N([Si](C)(C)C)[Si](C)(C)C1([Si](C)(C)C)[Si](C)(C)C. The van der Waals surface area contributed by atoms with Crippen LogP contribution in [0.4, 0.5) is 0 Å². The Bertz CT molecular complexity index is 421. The lowest BCUT2D eigenvalue weighted by Crippen LogP contribution is -3.05. The molecule has 0 saturated carbocycles. The summed E-state index contributed by atoms with van der Waals surface area (Å²) in [4.78, 5) is 0. The zero-order valence-corrected chi connectivity index (χ0v) is 22.9. The third kappa shape index (κ3) is 2.68. The molecule has 1 heterocycles. The Balaban J connectivity index is 3.76. The fraction of sp³-hybridized carbons (Fsp3) is 1.00. The maximum absolute atomic E-state index is 3.09. The molecular weight excluding hydrogens is 349 g/mol. The molecule has 0 bridgehead atoms. The van der Waals surface area contributed by atoms with Gasteiger partial charge in [-0.25, -0.2) is 0 Å². The lowest BCUT2D eigenvalue weighted by molar-refractivity contribution is 0.130. The Morgan fingerprint density at radius 1 is 0.591 bits per heavy atom. The molecule has 0 radical (unpaired) electrons. The number of hydrazine groups is 1. The third-order valence-electron chi connectivity index (χ3n) is 5.37. The van der Waals surface area contributed by atoms with Crippen molar-refractivity contribution < 1.29 is 0 Å². The molecule has 0 amide bonds. The minimum Gasteiger partial charge on any atom is -0.289 e. The van der Waals surface area contributed by atoms with E-state index in [1.165, 1.54) is 0 Å². The van der Waals surface area contributed by atoms with Gasteiger partial charge in [-0.3, -0.25) is 9.01 Å². The smallest absolute Gasteiger partial charge is 0.145 e. The first-order valence-corrected chi connectivity index (χ1v) is 25.7. The summed E-state index contributed by atoms with van der Waals surface area (Å²) in [7, 11) is -6.83. The van der Waals surface area contributed by atoms with Crippen molar-refractivity contribution in [3.63, 3.8) is 0 Å². The van der Waals surface area contributed by atoms with Crippen molar-refractivity contribution in [3.05, 3.63) is 0 Å². The first-order valence-electron chi connectivity index (χ1n) is 8.84. The van der Waals surface area contributed by atoms with Gasteiger partial charge < -0.3 is 0 Å². The van der Waals surface area contributed by atoms with Crippen molar-refractivity contribution in [2.24, 2.45) is 0 Å². The van der Waals surface area contributed by atoms with Gasteiger partial charge >= 0.3 is 0 Å². The molecule has 7 heteroatoms. The third-order valence-corrected chi connectivity index (χ3v) is 34.1. The second-order valence-corrected chi connectivity index (χ2v) is 37.9. The Kier molecular flexibility index (Phi) is 5.02. The Hall–Kier alpha value is 1.00. The molecule has 0 unspecified atom stereocenters. The van der Waals surface area contributed by atoms with E-state index in [1.807, 2.05) is 0 Å². The normalized spacial score (nSPS) is 24.3. The number of hydrogen-bond acceptors (Lipinski definition) is 2. The van der Waals surface area contributed by atoms with E-state index in [0.29, 0.717) is 4.41 Å². The van der Waals surface area contributed by atoms with E-state index in [2.05, 4.69) is 101 Å². The first kappa shape index (κ1) is 21.0. The van der Waals surface area contributed by atoms with Crippen LogP contribution in [0.1, 0.15) is 0 Å². The van der Waals surface area contributed by atoms with Crippen LogP contribution in [-0.4, -0.2) is 54.3 Å². The van der Waals surface area contributed by atoms with Gasteiger partial charge in [-0.2, -0.15) is 0 Å². The molecule has 1 saturated heterocycles. The molecule has 1 aliphatic rings. The van der Waals surface area contributed by atoms with E-state index in [-0.39, 0.29) is 0 Å². The van der Waals surface area contributed by atoms with Crippen LogP contribution < -0.4 is 0 Å². The highest BCUT2D eigenvalue weighted by Crippen LogP contribution is 2.57. The van der Waals surface area contributed by atoms with Crippen molar-refractivity contribution in [1.29, 1.82) is 0 Å². The quantitative estimate of drug-likeness (QED) is 0.591. The van der Waals surface area contributed by atoms with E-state index in [1.54, 1.807) is 0 Å². The Morgan fingerprint density at radius 2 is 0.909 bits per heavy atom. The summed E-state index contributed by atoms with van der Waals surface area (Å²) in [5, 5.41) is 0. The van der Waals surface area contributed by atoms with Gasteiger partial charge in [-0.1, -0.05) is 91.7 Å². The molecule has 0 aromatic carbocycles. The van der Waals surface area contributed by atoms with Crippen molar-refractivity contribution >= 4 is 40.9 Å².